The number of likely N-dealkylation sites (tertiary alicyclic amines) is 1. The lowest BCUT2D eigenvalue weighted by Crippen LogP contribution is -2.73. The number of thiazole rings is 1. The molecule has 3 heterocycles. The molecule has 5 rings (SSSR count). The molecule has 0 radical (unpaired) electrons. The highest BCUT2D eigenvalue weighted by atomic mass is 33.1. The molecule has 0 bridgehead atoms. The van der Waals surface area contributed by atoms with Crippen molar-refractivity contribution < 1.29 is 19.5 Å². The van der Waals surface area contributed by atoms with Gasteiger partial charge in [0, 0.05) is 5.25 Å². The van der Waals surface area contributed by atoms with Gasteiger partial charge in [-0.25, -0.2) is 9.78 Å². The van der Waals surface area contributed by atoms with Gasteiger partial charge in [0.05, 0.1) is 16.6 Å². The van der Waals surface area contributed by atoms with Crippen LogP contribution < -0.4 is 5.32 Å². The molecule has 4 aromatic rings. The van der Waals surface area contributed by atoms with Crippen LogP contribution in [0.25, 0.3) is 10.2 Å². The molecular formula is C25H23N7O4S4. The summed E-state index contributed by atoms with van der Waals surface area (Å²) in [6.45, 7) is 5.79. The first-order chi connectivity index (χ1) is 19.3. The zero-order chi connectivity index (χ0) is 28.2. The number of fused-ring (bicyclic) bond motifs is 1. The smallest absolute Gasteiger partial charge is 0.330 e. The van der Waals surface area contributed by atoms with Crippen LogP contribution in [-0.4, -0.2) is 76.1 Å². The number of carboxylic acids is 1. The fourth-order valence-corrected chi connectivity index (χ4v) is 8.83. The molecule has 1 aliphatic rings. The van der Waals surface area contributed by atoms with Gasteiger partial charge < -0.3 is 15.3 Å². The number of benzene rings is 2. The SMILES string of the molecule is C=C(C(C)Sc1nn[nH]n1)C(C(=O)O)N1C(=O)C(NC(=O)Cc2ccccc2)C1SSc1nc2ccccc2s1. The Bertz CT molecular complexity index is 1500. The fraction of sp³-hybridized carbons (Fsp3) is 0.240. The highest BCUT2D eigenvalue weighted by molar-refractivity contribution is 8.77. The number of aromatic amines is 1. The number of para-hydroxylation sites is 1. The fourth-order valence-electron chi connectivity index (χ4n) is 4.09. The lowest BCUT2D eigenvalue weighted by atomic mass is 9.97. The van der Waals surface area contributed by atoms with E-state index in [-0.39, 0.29) is 12.3 Å². The Morgan fingerprint density at radius 1 is 1.20 bits per heavy atom. The monoisotopic (exact) mass is 613 g/mol. The van der Waals surface area contributed by atoms with Gasteiger partial charge in [-0.2, -0.15) is 5.21 Å². The van der Waals surface area contributed by atoms with Crippen molar-refractivity contribution in [1.82, 2.24) is 35.8 Å². The van der Waals surface area contributed by atoms with E-state index < -0.39 is 34.6 Å². The Hall–Kier alpha value is -3.40. The predicted octanol–water partition coefficient (Wildman–Crippen LogP) is 3.64. The Balaban J connectivity index is 1.36. The van der Waals surface area contributed by atoms with Gasteiger partial charge in [-0.3, -0.25) is 9.59 Å². The first-order valence-corrected chi connectivity index (χ1v) is 15.9. The molecule has 40 heavy (non-hydrogen) atoms. The molecule has 4 atom stereocenters. The largest absolute Gasteiger partial charge is 0.479 e. The average Bonchev–Trinajstić information content (AvgIpc) is 3.61. The van der Waals surface area contributed by atoms with Crippen LogP contribution in [0.3, 0.4) is 0 Å². The zero-order valence-electron chi connectivity index (χ0n) is 21.0. The Labute approximate surface area is 245 Å². The van der Waals surface area contributed by atoms with E-state index in [9.17, 15) is 19.5 Å². The van der Waals surface area contributed by atoms with Crippen molar-refractivity contribution in [2.45, 2.75) is 45.5 Å². The summed E-state index contributed by atoms with van der Waals surface area (Å²) in [5.41, 5.74) is 1.95. The number of aliphatic carboxylic acids is 1. The lowest BCUT2D eigenvalue weighted by molar-refractivity contribution is -0.159. The minimum atomic E-state index is -1.32. The van der Waals surface area contributed by atoms with Crippen molar-refractivity contribution in [1.29, 1.82) is 0 Å². The third-order valence-corrected chi connectivity index (χ3v) is 11.2. The zero-order valence-corrected chi connectivity index (χ0v) is 24.2. The van der Waals surface area contributed by atoms with Crippen LogP contribution in [0.5, 0.6) is 0 Å². The number of carbonyl (C=O) groups is 3. The molecule has 11 nitrogen and oxygen atoms in total. The Morgan fingerprint density at radius 2 is 1.95 bits per heavy atom. The molecule has 2 aromatic heterocycles. The number of β-lactam (4-membered cyclic amide) rings is 1. The van der Waals surface area contributed by atoms with E-state index in [1.54, 1.807) is 6.92 Å². The molecule has 4 unspecified atom stereocenters. The molecule has 0 spiro atoms. The van der Waals surface area contributed by atoms with E-state index in [1.165, 1.54) is 49.6 Å². The maximum Gasteiger partial charge on any atom is 0.330 e. The number of tetrazole rings is 1. The number of hydrogen-bond acceptors (Lipinski definition) is 11. The summed E-state index contributed by atoms with van der Waals surface area (Å²) in [5.74, 6) is -2.04. The first kappa shape index (κ1) is 28.1. The summed E-state index contributed by atoms with van der Waals surface area (Å²) >= 11 is 2.68. The number of thioether (sulfide) groups is 1. The third-order valence-electron chi connectivity index (χ3n) is 6.09. The third kappa shape index (κ3) is 6.16. The Kier molecular flexibility index (Phi) is 8.73. The number of nitrogens with zero attached hydrogens (tertiary/aromatic N) is 5. The number of aromatic nitrogens is 5. The second kappa shape index (κ2) is 12.4. The summed E-state index contributed by atoms with van der Waals surface area (Å²) in [6, 6.07) is 14.7. The molecule has 1 fully saturated rings. The molecule has 0 saturated carbocycles. The minimum absolute atomic E-state index is 0.0977. The van der Waals surface area contributed by atoms with Crippen molar-refractivity contribution in [2.24, 2.45) is 0 Å². The van der Waals surface area contributed by atoms with Crippen molar-refractivity contribution in [3.8, 4) is 0 Å². The predicted molar refractivity (Wildman–Crippen MR) is 156 cm³/mol. The number of hydrogen-bond donors (Lipinski definition) is 3. The van der Waals surface area contributed by atoms with E-state index in [4.69, 9.17) is 0 Å². The summed E-state index contributed by atoms with van der Waals surface area (Å²) < 4.78 is 1.77. The molecule has 15 heteroatoms. The molecule has 3 N–H and O–H groups in total. The molecule has 1 saturated heterocycles. The second-order valence-corrected chi connectivity index (χ2v) is 13.6. The van der Waals surface area contributed by atoms with Crippen molar-refractivity contribution in [3.05, 3.63) is 72.3 Å². The van der Waals surface area contributed by atoms with Gasteiger partial charge in [0.2, 0.25) is 17.0 Å². The van der Waals surface area contributed by atoms with Gasteiger partial charge in [0.1, 0.15) is 11.4 Å². The van der Waals surface area contributed by atoms with Crippen LogP contribution in [0.4, 0.5) is 0 Å². The van der Waals surface area contributed by atoms with E-state index >= 15 is 0 Å². The van der Waals surface area contributed by atoms with E-state index in [1.807, 2.05) is 54.6 Å². The first-order valence-electron chi connectivity index (χ1n) is 12.0. The van der Waals surface area contributed by atoms with Gasteiger partial charge in [0.25, 0.3) is 0 Å². The van der Waals surface area contributed by atoms with Gasteiger partial charge in [-0.1, -0.05) is 71.6 Å². The van der Waals surface area contributed by atoms with E-state index in [2.05, 4.69) is 37.5 Å². The van der Waals surface area contributed by atoms with Crippen molar-refractivity contribution >= 4 is 72.7 Å². The minimum Gasteiger partial charge on any atom is -0.479 e. The molecule has 2 aromatic carbocycles. The van der Waals surface area contributed by atoms with Crippen LogP contribution >= 0.6 is 44.7 Å². The van der Waals surface area contributed by atoms with Gasteiger partial charge in [0.15, 0.2) is 10.4 Å². The molecular weight excluding hydrogens is 591 g/mol. The topological polar surface area (TPSA) is 154 Å². The van der Waals surface area contributed by atoms with Crippen LogP contribution in [-0.2, 0) is 20.8 Å². The molecule has 206 valence electrons. The number of carboxylic acid groups (broad SMARTS) is 1. The lowest BCUT2D eigenvalue weighted by Gasteiger charge is -2.49. The maximum atomic E-state index is 13.4. The summed E-state index contributed by atoms with van der Waals surface area (Å²) in [6.07, 6.45) is 0.0977. The van der Waals surface area contributed by atoms with E-state index in [0.717, 1.165) is 20.1 Å². The number of amides is 2. The van der Waals surface area contributed by atoms with Crippen LogP contribution in [0.2, 0.25) is 0 Å². The van der Waals surface area contributed by atoms with Crippen LogP contribution in [0.15, 0.2) is 76.2 Å². The highest BCUT2D eigenvalue weighted by Crippen LogP contribution is 2.46. The van der Waals surface area contributed by atoms with Gasteiger partial charge >= 0.3 is 5.97 Å². The van der Waals surface area contributed by atoms with Gasteiger partial charge in [-0.15, -0.1) is 21.5 Å². The molecule has 0 aliphatic carbocycles. The van der Waals surface area contributed by atoms with Crippen LogP contribution in [0, 0.1) is 0 Å². The van der Waals surface area contributed by atoms with E-state index in [0.29, 0.717) is 10.7 Å². The quantitative estimate of drug-likeness (QED) is 0.0929. The molecule has 1 aliphatic heterocycles. The second-order valence-electron chi connectivity index (χ2n) is 8.74. The highest BCUT2D eigenvalue weighted by Gasteiger charge is 2.54. The Morgan fingerprint density at radius 3 is 2.65 bits per heavy atom. The number of nitrogens with one attached hydrogen (secondary N) is 2. The normalized spacial score (nSPS) is 18.2. The standard InChI is InChI=1S/C25H23N7O4S4/c1-13(14(2)37-24-28-30-31-29-24)20(23(35)36)32-21(34)19(27-18(33)12-15-8-4-3-5-9-15)22(32)39-40-25-26-16-10-6-7-11-17(16)38-25/h3-11,14,19-20,22H,1,12H2,2H3,(H,27,33)(H,35,36)(H,28,29,30,31). The van der Waals surface area contributed by atoms with Gasteiger partial charge in [-0.05, 0) is 46.2 Å². The van der Waals surface area contributed by atoms with Crippen molar-refractivity contribution in [2.75, 3.05) is 0 Å². The summed E-state index contributed by atoms with van der Waals surface area (Å²) in [4.78, 5) is 44.7. The summed E-state index contributed by atoms with van der Waals surface area (Å²) in [5, 5.41) is 25.9. The average molecular weight is 614 g/mol. The van der Waals surface area contributed by atoms with Crippen molar-refractivity contribution in [3.63, 3.8) is 0 Å². The molecule has 2 amide bonds. The number of carbonyl (C=O) groups excluding carboxylic acids is 2. The number of H-pyrrole nitrogens is 1. The summed E-state index contributed by atoms with van der Waals surface area (Å²) in [7, 11) is 2.63. The maximum absolute atomic E-state index is 13.4. The van der Waals surface area contributed by atoms with Crippen LogP contribution in [0.1, 0.15) is 12.5 Å². The number of rotatable bonds is 12.